The van der Waals surface area contributed by atoms with E-state index in [9.17, 15) is 0 Å². The molecule has 0 aromatic rings. The van der Waals surface area contributed by atoms with Gasteiger partial charge in [0.25, 0.3) is 0 Å². The average molecular weight is 167 g/mol. The minimum atomic E-state index is 0.844. The maximum absolute atomic E-state index is 4.31. The number of quaternary nitrogens is 1. The van der Waals surface area contributed by atoms with Gasteiger partial charge in [-0.25, -0.2) is 9.48 Å². The van der Waals surface area contributed by atoms with Gasteiger partial charge in [0.2, 0.25) is 6.34 Å². The lowest BCUT2D eigenvalue weighted by Crippen LogP contribution is -2.34. The van der Waals surface area contributed by atoms with Crippen LogP contribution in [0, 0.1) is 0 Å². The molecule has 11 heavy (non-hydrogen) atoms. The van der Waals surface area contributed by atoms with Gasteiger partial charge in [0.15, 0.2) is 0 Å². The van der Waals surface area contributed by atoms with Crippen molar-refractivity contribution in [2.24, 2.45) is 4.99 Å². The van der Waals surface area contributed by atoms with Crippen molar-refractivity contribution < 1.29 is 4.48 Å². The van der Waals surface area contributed by atoms with E-state index in [-0.39, 0.29) is 0 Å². The number of allylic oxidation sites excluding steroid dienone is 2. The largest absolute Gasteiger partial charge is 0.216 e. The van der Waals surface area contributed by atoms with Gasteiger partial charge >= 0.3 is 0 Å². The molecule has 1 atom stereocenters. The molecule has 0 amide bonds. The van der Waals surface area contributed by atoms with Gasteiger partial charge in [0.05, 0.1) is 5.70 Å². The van der Waals surface area contributed by atoms with Crippen molar-refractivity contribution in [2.75, 3.05) is 5.88 Å². The topological polar surface area (TPSA) is 12.4 Å². The summed E-state index contributed by atoms with van der Waals surface area (Å²) in [6.45, 7) is 4.22. The van der Waals surface area contributed by atoms with Crippen molar-refractivity contribution in [3.05, 3.63) is 23.0 Å². The van der Waals surface area contributed by atoms with Crippen LogP contribution in [-0.4, -0.2) is 16.7 Å². The fraction of sp³-hybridized carbons (Fsp3) is 0.375. The molecule has 0 saturated carbocycles. The predicted octanol–water partition coefficient (Wildman–Crippen LogP) is 2.27. The van der Waals surface area contributed by atoms with Crippen LogP contribution in [0.3, 0.4) is 0 Å². The lowest BCUT2D eigenvalue weighted by Gasteiger charge is -2.21. The molecule has 1 unspecified atom stereocenters. The number of rotatable bonds is 0. The lowest BCUT2D eigenvalue weighted by molar-refractivity contribution is -0.718. The van der Waals surface area contributed by atoms with E-state index >= 15 is 0 Å². The molecule has 0 N–H and O–H groups in total. The van der Waals surface area contributed by atoms with Crippen LogP contribution in [0.15, 0.2) is 28.0 Å². The highest BCUT2D eigenvalue weighted by Crippen LogP contribution is 2.33. The molecule has 2 rings (SSSR count). The van der Waals surface area contributed by atoms with Crippen LogP contribution in [0.4, 0.5) is 0 Å². The van der Waals surface area contributed by atoms with Gasteiger partial charge < -0.3 is 0 Å². The third kappa shape index (κ3) is 0.880. The molecule has 0 fully saturated rings. The number of thioether (sulfide) groups is 1. The molecule has 3 heteroatoms. The molecule has 2 nitrogen and oxygen atoms in total. The zero-order valence-corrected chi connectivity index (χ0v) is 7.56. The van der Waals surface area contributed by atoms with Crippen molar-refractivity contribution in [1.82, 2.24) is 0 Å². The summed E-state index contributed by atoms with van der Waals surface area (Å²) in [7, 11) is 0. The molecule has 0 aromatic carbocycles. The maximum atomic E-state index is 4.31. The molecular weight excluding hydrogens is 156 g/mol. The minimum absolute atomic E-state index is 0.844. The van der Waals surface area contributed by atoms with E-state index in [0.29, 0.717) is 0 Å². The summed E-state index contributed by atoms with van der Waals surface area (Å²) < 4.78 is 0.844. The van der Waals surface area contributed by atoms with Crippen LogP contribution >= 0.6 is 11.8 Å². The first-order valence-corrected chi connectivity index (χ1v) is 4.69. The maximum Gasteiger partial charge on any atom is 0.200 e. The Labute approximate surface area is 70.9 Å². The Morgan fingerprint density at radius 1 is 1.55 bits per heavy atom. The number of hydrogen-bond donors (Lipinski definition) is 0. The standard InChI is InChI=1S/C8H11N2S/c1-7-8(2)10(5-9-7)3-4-11-6-10/h3-5H,6H2,1-2H3/q+1. The molecule has 0 saturated heterocycles. The summed E-state index contributed by atoms with van der Waals surface area (Å²) in [6, 6.07) is 0. The van der Waals surface area contributed by atoms with E-state index in [1.165, 1.54) is 5.70 Å². The van der Waals surface area contributed by atoms with E-state index in [1.54, 1.807) is 0 Å². The van der Waals surface area contributed by atoms with Gasteiger partial charge in [-0.05, 0) is 6.92 Å². The molecule has 0 bridgehead atoms. The molecule has 0 radical (unpaired) electrons. The summed E-state index contributed by atoms with van der Waals surface area (Å²) in [5, 5.41) is 2.15. The van der Waals surface area contributed by atoms with E-state index < -0.39 is 0 Å². The summed E-state index contributed by atoms with van der Waals surface area (Å²) >= 11 is 1.84. The highest BCUT2D eigenvalue weighted by Gasteiger charge is 2.34. The fourth-order valence-electron chi connectivity index (χ4n) is 1.31. The third-order valence-corrected chi connectivity index (χ3v) is 3.21. The second-order valence-electron chi connectivity index (χ2n) is 2.93. The van der Waals surface area contributed by atoms with Crippen LogP contribution < -0.4 is 0 Å². The summed E-state index contributed by atoms with van der Waals surface area (Å²) in [4.78, 5) is 4.31. The first-order chi connectivity index (χ1) is 5.25. The average Bonchev–Trinajstić information content (AvgIpc) is 2.56. The predicted molar refractivity (Wildman–Crippen MR) is 48.7 cm³/mol. The zero-order valence-electron chi connectivity index (χ0n) is 6.74. The Hall–Kier alpha value is -0.540. The summed E-state index contributed by atoms with van der Waals surface area (Å²) in [6.07, 6.45) is 4.21. The quantitative estimate of drug-likeness (QED) is 0.504. The molecule has 2 aliphatic heterocycles. The van der Waals surface area contributed by atoms with Crippen molar-refractivity contribution in [3.8, 4) is 0 Å². The van der Waals surface area contributed by atoms with Crippen LogP contribution in [0.5, 0.6) is 0 Å². The molecule has 0 aliphatic carbocycles. The molecule has 0 aromatic heterocycles. The molecule has 58 valence electrons. The van der Waals surface area contributed by atoms with E-state index in [0.717, 1.165) is 16.1 Å². The summed E-state index contributed by atoms with van der Waals surface area (Å²) in [5.41, 5.74) is 2.52. The van der Waals surface area contributed by atoms with Gasteiger partial charge in [0, 0.05) is 12.3 Å². The van der Waals surface area contributed by atoms with Crippen LogP contribution in [0.1, 0.15) is 13.8 Å². The van der Waals surface area contributed by atoms with E-state index in [1.807, 2.05) is 18.1 Å². The summed E-state index contributed by atoms with van der Waals surface area (Å²) in [5.74, 6) is 1.08. The van der Waals surface area contributed by atoms with Gasteiger partial charge in [-0.2, -0.15) is 0 Å². The fourth-order valence-corrected chi connectivity index (χ4v) is 2.29. The van der Waals surface area contributed by atoms with E-state index in [2.05, 4.69) is 30.4 Å². The van der Waals surface area contributed by atoms with Crippen LogP contribution in [0.25, 0.3) is 0 Å². The number of aliphatic imine (C=N–C) groups is 1. The Balaban J connectivity index is 2.44. The van der Waals surface area contributed by atoms with Gasteiger partial charge in [0.1, 0.15) is 17.8 Å². The molecule has 1 spiro atoms. The first kappa shape index (κ1) is 7.13. The second kappa shape index (κ2) is 2.22. The Morgan fingerprint density at radius 2 is 2.36 bits per heavy atom. The SMILES string of the molecule is CC1=C(C)[N+]2(C=CSC2)C=N1. The van der Waals surface area contributed by atoms with Crippen molar-refractivity contribution in [2.45, 2.75) is 13.8 Å². The Morgan fingerprint density at radius 3 is 2.82 bits per heavy atom. The number of hydrogen-bond acceptors (Lipinski definition) is 2. The lowest BCUT2D eigenvalue weighted by atomic mass is 10.3. The van der Waals surface area contributed by atoms with Gasteiger partial charge in [-0.3, -0.25) is 0 Å². The first-order valence-electron chi connectivity index (χ1n) is 3.65. The molecule has 2 heterocycles. The Kier molecular flexibility index (Phi) is 1.44. The van der Waals surface area contributed by atoms with E-state index in [4.69, 9.17) is 0 Å². The monoisotopic (exact) mass is 167 g/mol. The minimum Gasteiger partial charge on any atom is -0.216 e. The van der Waals surface area contributed by atoms with Crippen molar-refractivity contribution in [3.63, 3.8) is 0 Å². The third-order valence-electron chi connectivity index (χ3n) is 2.32. The van der Waals surface area contributed by atoms with Crippen LogP contribution in [-0.2, 0) is 0 Å². The van der Waals surface area contributed by atoms with Crippen LogP contribution in [0.2, 0.25) is 0 Å². The number of nitrogens with zero attached hydrogens (tertiary/aromatic N) is 2. The highest BCUT2D eigenvalue weighted by molar-refractivity contribution is 8.02. The Bertz CT molecular complexity index is 278. The molecular formula is C8H11N2S+. The van der Waals surface area contributed by atoms with Crippen molar-refractivity contribution >= 4 is 18.1 Å². The normalized spacial score (nSPS) is 34.7. The second-order valence-corrected chi connectivity index (χ2v) is 3.79. The highest BCUT2D eigenvalue weighted by atomic mass is 32.2. The van der Waals surface area contributed by atoms with Crippen molar-refractivity contribution in [1.29, 1.82) is 0 Å². The smallest absolute Gasteiger partial charge is 0.200 e. The van der Waals surface area contributed by atoms with Gasteiger partial charge in [-0.15, -0.1) is 0 Å². The van der Waals surface area contributed by atoms with Gasteiger partial charge in [-0.1, -0.05) is 11.8 Å². The zero-order chi connectivity index (χ0) is 7.90. The molecule has 2 aliphatic rings.